The first-order chi connectivity index (χ1) is 16.5. The molecule has 1 saturated carbocycles. The smallest absolute Gasteiger partial charge is 0.253 e. The Hall–Kier alpha value is -3.14. The Balaban J connectivity index is 1.27. The van der Waals surface area contributed by atoms with E-state index in [4.69, 9.17) is 0 Å². The quantitative estimate of drug-likeness (QED) is 0.470. The summed E-state index contributed by atoms with van der Waals surface area (Å²) in [6, 6.07) is 9.77. The third-order valence-corrected chi connectivity index (χ3v) is 8.17. The number of piperazine rings is 1. The molecular weight excluding hydrogens is 448 g/mol. The van der Waals surface area contributed by atoms with Crippen molar-refractivity contribution in [3.63, 3.8) is 0 Å². The Kier molecular flexibility index (Phi) is 5.20. The summed E-state index contributed by atoms with van der Waals surface area (Å²) in [5.74, 6) is 0.0820. The largest absolute Gasteiger partial charge is 0.383 e. The maximum absolute atomic E-state index is 12.9. The highest BCUT2D eigenvalue weighted by Crippen LogP contribution is 2.44. The van der Waals surface area contributed by atoms with Crippen LogP contribution >= 0.6 is 11.3 Å². The topological polar surface area (TPSA) is 98.2 Å². The number of nitrogens with one attached hydrogen (secondary N) is 1. The number of benzene rings is 1. The summed E-state index contributed by atoms with van der Waals surface area (Å²) >= 11 is 1.50. The SMILES string of the molecule is CN1CCN(C(=O)c2ccc(-c3cc4c(-c5cnc(C6(O)CCC6)s5)ncnc4[nH]3)cc2)CC1. The molecule has 0 unspecified atom stereocenters. The fourth-order valence-corrected chi connectivity index (χ4v) is 5.67. The fourth-order valence-electron chi connectivity index (χ4n) is 4.60. The van der Waals surface area contributed by atoms with E-state index in [-0.39, 0.29) is 5.91 Å². The van der Waals surface area contributed by atoms with Gasteiger partial charge in [-0.15, -0.1) is 11.3 Å². The summed E-state index contributed by atoms with van der Waals surface area (Å²) in [7, 11) is 2.08. The average molecular weight is 475 g/mol. The van der Waals surface area contributed by atoms with Gasteiger partial charge in [0.15, 0.2) is 0 Å². The van der Waals surface area contributed by atoms with Crippen molar-refractivity contribution in [3.05, 3.63) is 53.4 Å². The Morgan fingerprint density at radius 3 is 2.56 bits per heavy atom. The summed E-state index contributed by atoms with van der Waals surface area (Å²) in [4.78, 5) is 34.7. The second kappa shape index (κ2) is 8.26. The van der Waals surface area contributed by atoms with Crippen LogP contribution in [0.15, 0.2) is 42.9 Å². The molecule has 0 atom stereocenters. The number of thiazole rings is 1. The van der Waals surface area contributed by atoms with E-state index >= 15 is 0 Å². The molecule has 6 rings (SSSR count). The molecule has 2 fully saturated rings. The Bertz CT molecular complexity index is 1350. The minimum atomic E-state index is -0.776. The minimum Gasteiger partial charge on any atom is -0.383 e. The molecule has 1 aromatic carbocycles. The summed E-state index contributed by atoms with van der Waals surface area (Å²) in [5.41, 5.74) is 3.37. The van der Waals surface area contributed by atoms with Crippen LogP contribution in [0.1, 0.15) is 34.6 Å². The van der Waals surface area contributed by atoms with Crippen LogP contribution in [-0.2, 0) is 5.60 Å². The molecule has 34 heavy (non-hydrogen) atoms. The van der Waals surface area contributed by atoms with Crippen molar-refractivity contribution in [1.82, 2.24) is 29.7 Å². The molecule has 1 aliphatic heterocycles. The van der Waals surface area contributed by atoms with E-state index in [0.29, 0.717) is 5.56 Å². The van der Waals surface area contributed by atoms with Gasteiger partial charge in [-0.05, 0) is 50.1 Å². The first kappa shape index (κ1) is 21.4. The summed E-state index contributed by atoms with van der Waals surface area (Å²) in [5, 5.41) is 12.3. The fraction of sp³-hybridized carbons (Fsp3) is 0.360. The van der Waals surface area contributed by atoms with Gasteiger partial charge in [0, 0.05) is 49.0 Å². The van der Waals surface area contributed by atoms with E-state index in [1.165, 1.54) is 11.3 Å². The molecule has 4 heterocycles. The molecule has 1 amide bonds. The second-order valence-corrected chi connectivity index (χ2v) is 10.3. The van der Waals surface area contributed by atoms with E-state index < -0.39 is 5.60 Å². The normalized spacial score (nSPS) is 18.2. The highest BCUT2D eigenvalue weighted by Gasteiger charge is 2.39. The third kappa shape index (κ3) is 3.70. The lowest BCUT2D eigenvalue weighted by atomic mass is 9.81. The Labute approximate surface area is 201 Å². The Morgan fingerprint density at radius 2 is 1.85 bits per heavy atom. The standard InChI is InChI=1S/C25H26N6O2S/c1-30-9-11-31(12-10-30)23(32)17-5-3-16(4-6-17)19-13-18-21(27-15-28-22(18)29-19)20-14-26-24(34-20)25(33)7-2-8-25/h3-6,13-15,33H,2,7-12H2,1H3,(H,27,28,29). The molecule has 1 aliphatic carbocycles. The average Bonchev–Trinajstić information content (AvgIpc) is 3.50. The van der Waals surface area contributed by atoms with Gasteiger partial charge in [0.25, 0.3) is 5.91 Å². The lowest BCUT2D eigenvalue weighted by molar-refractivity contribution is -0.0389. The number of carbonyl (C=O) groups is 1. The van der Waals surface area contributed by atoms with Crippen LogP contribution in [-0.4, -0.2) is 74.0 Å². The number of carbonyl (C=O) groups excluding carboxylic acids is 1. The van der Waals surface area contributed by atoms with Crippen molar-refractivity contribution >= 4 is 28.3 Å². The molecule has 2 aliphatic rings. The van der Waals surface area contributed by atoms with Crippen LogP contribution in [0.3, 0.4) is 0 Å². The van der Waals surface area contributed by atoms with E-state index in [2.05, 4.69) is 31.9 Å². The van der Waals surface area contributed by atoms with Crippen LogP contribution in [0, 0.1) is 0 Å². The highest BCUT2D eigenvalue weighted by molar-refractivity contribution is 7.15. The van der Waals surface area contributed by atoms with Gasteiger partial charge in [-0.25, -0.2) is 15.0 Å². The predicted molar refractivity (Wildman–Crippen MR) is 132 cm³/mol. The van der Waals surface area contributed by atoms with Crippen LogP contribution in [0.5, 0.6) is 0 Å². The number of aliphatic hydroxyl groups is 1. The maximum atomic E-state index is 12.9. The van der Waals surface area contributed by atoms with Gasteiger partial charge in [-0.2, -0.15) is 0 Å². The third-order valence-electron chi connectivity index (χ3n) is 6.98. The molecule has 8 nitrogen and oxygen atoms in total. The maximum Gasteiger partial charge on any atom is 0.253 e. The number of hydrogen-bond acceptors (Lipinski definition) is 7. The van der Waals surface area contributed by atoms with Gasteiger partial charge in [0.1, 0.15) is 22.6 Å². The van der Waals surface area contributed by atoms with E-state index in [1.54, 1.807) is 12.5 Å². The molecular formula is C25H26N6O2S. The van der Waals surface area contributed by atoms with Crippen LogP contribution in [0.4, 0.5) is 0 Å². The first-order valence-corrected chi connectivity index (χ1v) is 12.4. The van der Waals surface area contributed by atoms with Crippen molar-refractivity contribution in [2.24, 2.45) is 0 Å². The number of H-pyrrole nitrogens is 1. The van der Waals surface area contributed by atoms with Crippen molar-refractivity contribution in [1.29, 1.82) is 0 Å². The molecule has 1 saturated heterocycles. The Morgan fingerprint density at radius 1 is 1.09 bits per heavy atom. The van der Waals surface area contributed by atoms with Crippen LogP contribution in [0.25, 0.3) is 32.9 Å². The second-order valence-electron chi connectivity index (χ2n) is 9.26. The summed E-state index contributed by atoms with van der Waals surface area (Å²) in [6.45, 7) is 3.33. The van der Waals surface area contributed by atoms with E-state index in [9.17, 15) is 9.90 Å². The molecule has 4 aromatic rings. The number of fused-ring (bicyclic) bond motifs is 1. The molecule has 3 aromatic heterocycles. The molecule has 0 spiro atoms. The first-order valence-electron chi connectivity index (χ1n) is 11.6. The molecule has 174 valence electrons. The van der Waals surface area contributed by atoms with Crippen LogP contribution < -0.4 is 0 Å². The van der Waals surface area contributed by atoms with E-state index in [0.717, 1.165) is 83.3 Å². The zero-order valence-corrected chi connectivity index (χ0v) is 19.8. The predicted octanol–water partition coefficient (Wildman–Crippen LogP) is 3.51. The number of aromatic amines is 1. The molecule has 0 radical (unpaired) electrons. The lowest BCUT2D eigenvalue weighted by Gasteiger charge is -2.34. The van der Waals surface area contributed by atoms with Crippen LogP contribution in [0.2, 0.25) is 0 Å². The molecule has 9 heteroatoms. The number of rotatable bonds is 4. The minimum absolute atomic E-state index is 0.0820. The number of likely N-dealkylation sites (N-methyl/N-ethyl adjacent to an activating group) is 1. The zero-order chi connectivity index (χ0) is 23.3. The van der Waals surface area contributed by atoms with Gasteiger partial charge < -0.3 is 19.9 Å². The van der Waals surface area contributed by atoms with Crippen molar-refractivity contribution in [3.8, 4) is 21.8 Å². The number of amides is 1. The van der Waals surface area contributed by atoms with Gasteiger partial charge in [0.05, 0.1) is 10.6 Å². The van der Waals surface area contributed by atoms with Crippen molar-refractivity contribution < 1.29 is 9.90 Å². The number of nitrogens with zero attached hydrogens (tertiary/aromatic N) is 5. The lowest BCUT2D eigenvalue weighted by Crippen LogP contribution is -2.47. The van der Waals surface area contributed by atoms with Crippen molar-refractivity contribution in [2.75, 3.05) is 33.2 Å². The summed E-state index contributed by atoms with van der Waals surface area (Å²) in [6.07, 6.45) is 5.91. The number of aromatic nitrogens is 4. The number of hydrogen-bond donors (Lipinski definition) is 2. The van der Waals surface area contributed by atoms with E-state index in [1.807, 2.05) is 35.2 Å². The summed E-state index contributed by atoms with van der Waals surface area (Å²) < 4.78 is 0. The highest BCUT2D eigenvalue weighted by atomic mass is 32.1. The zero-order valence-electron chi connectivity index (χ0n) is 19.0. The van der Waals surface area contributed by atoms with Gasteiger partial charge >= 0.3 is 0 Å². The molecule has 0 bridgehead atoms. The van der Waals surface area contributed by atoms with Gasteiger partial charge in [-0.1, -0.05) is 12.1 Å². The molecule has 2 N–H and O–H groups in total. The monoisotopic (exact) mass is 474 g/mol. The van der Waals surface area contributed by atoms with Crippen molar-refractivity contribution in [2.45, 2.75) is 24.9 Å². The van der Waals surface area contributed by atoms with Gasteiger partial charge in [-0.3, -0.25) is 4.79 Å². The van der Waals surface area contributed by atoms with Gasteiger partial charge in [0.2, 0.25) is 0 Å².